The molecule has 4 N–H and O–H groups in total. The number of carbonyl (C=O) groups is 4. The Morgan fingerprint density at radius 3 is 2.44 bits per heavy atom. The first-order chi connectivity index (χ1) is 24.1. The topological polar surface area (TPSA) is 172 Å². The van der Waals surface area contributed by atoms with Gasteiger partial charge in [-0.25, -0.2) is 9.48 Å². The summed E-state index contributed by atoms with van der Waals surface area (Å²) in [4.78, 5) is 70.6. The number of imidazole rings is 1. The maximum atomic E-state index is 13.9. The zero-order valence-electron chi connectivity index (χ0n) is 29.1. The van der Waals surface area contributed by atoms with E-state index in [0.29, 0.717) is 85.5 Å². The van der Waals surface area contributed by atoms with Crippen LogP contribution in [0.4, 0.5) is 0 Å². The van der Waals surface area contributed by atoms with E-state index < -0.39 is 6.04 Å². The van der Waals surface area contributed by atoms with Crippen molar-refractivity contribution in [3.8, 4) is 11.4 Å². The van der Waals surface area contributed by atoms with Gasteiger partial charge in [-0.3, -0.25) is 23.7 Å². The van der Waals surface area contributed by atoms with Crippen LogP contribution in [0.5, 0.6) is 5.75 Å². The lowest BCUT2D eigenvalue weighted by Crippen LogP contribution is -2.50. The number of ether oxygens (including phenoxy) is 1. The van der Waals surface area contributed by atoms with Crippen LogP contribution in [-0.2, 0) is 16.1 Å². The number of aromatic amines is 1. The molecule has 0 fully saturated rings. The molecule has 0 spiro atoms. The first-order valence-electron chi connectivity index (χ1n) is 17.2. The first kappa shape index (κ1) is 35.9. The maximum Gasteiger partial charge on any atom is 0.326 e. The number of aryl methyl sites for hydroxylation is 1. The Morgan fingerprint density at radius 2 is 1.70 bits per heavy atom. The third kappa shape index (κ3) is 8.24. The molecule has 2 aromatic carbocycles. The Balaban J connectivity index is 1.37. The second kappa shape index (κ2) is 16.3. The minimum Gasteiger partial charge on any atom is -0.497 e. The summed E-state index contributed by atoms with van der Waals surface area (Å²) in [5, 5.41) is 13.2. The highest BCUT2D eigenvalue weighted by atomic mass is 16.5. The van der Waals surface area contributed by atoms with Crippen LogP contribution in [0.2, 0.25) is 0 Å². The Morgan fingerprint density at radius 1 is 0.980 bits per heavy atom. The summed E-state index contributed by atoms with van der Waals surface area (Å²) < 4.78 is 8.50. The van der Waals surface area contributed by atoms with Crippen LogP contribution in [0.3, 0.4) is 0 Å². The van der Waals surface area contributed by atoms with E-state index >= 15 is 0 Å². The van der Waals surface area contributed by atoms with Crippen molar-refractivity contribution in [2.24, 2.45) is 5.92 Å². The third-order valence-corrected chi connectivity index (χ3v) is 9.27. The van der Waals surface area contributed by atoms with E-state index in [2.05, 4.69) is 26.0 Å². The molecule has 0 radical (unpaired) electrons. The zero-order valence-corrected chi connectivity index (χ0v) is 29.1. The summed E-state index contributed by atoms with van der Waals surface area (Å²) in [6, 6.07) is 11.7. The number of rotatable bonds is 5. The number of nitrogens with one attached hydrogen (secondary N) is 4. The molecule has 14 heteroatoms. The molecule has 266 valence electrons. The van der Waals surface area contributed by atoms with Gasteiger partial charge in [0.2, 0.25) is 11.8 Å². The number of amides is 4. The Hall–Kier alpha value is -5.40. The van der Waals surface area contributed by atoms with Crippen LogP contribution in [0, 0.1) is 12.8 Å². The SMILES string of the molecule is CC[C@H](C)[C@@H]1NC(=O)CCCN(C(=O)c2cnn(-c3ccc(OC)cc3)c2C)CCCNC(=O)c2ccc3[nH]c(=O)n(c3c2)CCCNC1=O. The number of hydrogen-bond acceptors (Lipinski definition) is 7. The van der Waals surface area contributed by atoms with Gasteiger partial charge in [0, 0.05) is 44.7 Å². The third-order valence-electron chi connectivity index (χ3n) is 9.27. The number of hydrogen-bond donors (Lipinski definition) is 4. The largest absolute Gasteiger partial charge is 0.497 e. The molecule has 0 saturated carbocycles. The normalized spacial score (nSPS) is 17.8. The molecule has 0 unspecified atom stereocenters. The lowest BCUT2D eigenvalue weighted by atomic mass is 9.98. The predicted octanol–water partition coefficient (Wildman–Crippen LogP) is 2.93. The Labute approximate surface area is 290 Å². The number of nitrogens with zero attached hydrogens (tertiary/aromatic N) is 4. The van der Waals surface area contributed by atoms with Crippen molar-refractivity contribution < 1.29 is 23.9 Å². The van der Waals surface area contributed by atoms with Crippen LogP contribution in [0.25, 0.3) is 16.7 Å². The van der Waals surface area contributed by atoms with Crippen molar-refractivity contribution in [2.45, 2.75) is 65.5 Å². The molecule has 1 aliphatic rings. The molecule has 50 heavy (non-hydrogen) atoms. The number of methoxy groups -OCH3 is 1. The van der Waals surface area contributed by atoms with Crippen LogP contribution in [-0.4, -0.2) is 87.2 Å². The minimum absolute atomic E-state index is 0.108. The van der Waals surface area contributed by atoms with E-state index in [9.17, 15) is 24.0 Å². The maximum absolute atomic E-state index is 13.9. The van der Waals surface area contributed by atoms with Gasteiger partial charge in [-0.1, -0.05) is 20.3 Å². The van der Waals surface area contributed by atoms with Gasteiger partial charge in [0.15, 0.2) is 0 Å². The fraction of sp³-hybridized carbons (Fsp3) is 0.444. The molecule has 3 heterocycles. The number of H-pyrrole nitrogens is 1. The molecule has 0 saturated heterocycles. The molecule has 14 nitrogen and oxygen atoms in total. The number of benzene rings is 2. The molecule has 2 bridgehead atoms. The average molecular weight is 687 g/mol. The van der Waals surface area contributed by atoms with Gasteiger partial charge >= 0.3 is 5.69 Å². The molecule has 2 aromatic heterocycles. The van der Waals surface area contributed by atoms with Crippen molar-refractivity contribution in [3.63, 3.8) is 0 Å². The Bertz CT molecular complexity index is 1890. The molecule has 5 rings (SSSR count). The molecular weight excluding hydrogens is 640 g/mol. The van der Waals surface area contributed by atoms with Gasteiger partial charge in [0.1, 0.15) is 11.8 Å². The average Bonchev–Trinajstić information content (AvgIpc) is 3.66. The van der Waals surface area contributed by atoms with Crippen LogP contribution < -0.4 is 26.4 Å². The summed E-state index contributed by atoms with van der Waals surface area (Å²) >= 11 is 0. The van der Waals surface area contributed by atoms with E-state index in [0.717, 1.165) is 5.69 Å². The number of carbonyl (C=O) groups excluding carboxylic acids is 4. The number of aromatic nitrogens is 4. The quantitative estimate of drug-likeness (QED) is 0.250. The molecule has 4 amide bonds. The lowest BCUT2D eigenvalue weighted by Gasteiger charge is -2.25. The van der Waals surface area contributed by atoms with E-state index in [1.807, 2.05) is 45.0 Å². The van der Waals surface area contributed by atoms with Gasteiger partial charge in [0.05, 0.1) is 41.3 Å². The molecule has 2 atom stereocenters. The van der Waals surface area contributed by atoms with Crippen molar-refractivity contribution in [3.05, 3.63) is 76.0 Å². The van der Waals surface area contributed by atoms with Crippen molar-refractivity contribution in [1.82, 2.24) is 40.2 Å². The summed E-state index contributed by atoms with van der Waals surface area (Å²) in [5.41, 5.74) is 3.16. The summed E-state index contributed by atoms with van der Waals surface area (Å²) in [5.74, 6) is -0.501. The monoisotopic (exact) mass is 686 g/mol. The van der Waals surface area contributed by atoms with Crippen LogP contribution in [0.1, 0.15) is 72.4 Å². The van der Waals surface area contributed by atoms with E-state index in [1.165, 1.54) is 0 Å². The molecule has 0 aliphatic carbocycles. The van der Waals surface area contributed by atoms with Gasteiger partial charge in [-0.15, -0.1) is 0 Å². The highest BCUT2D eigenvalue weighted by molar-refractivity contribution is 5.97. The standard InChI is InChI=1S/C36H46N8O6/c1-5-23(2)32-34(47)38-17-8-20-43-30-21-25(10-15-29(30)40-36(43)49)33(46)37-16-7-19-42(18-6-9-31(45)41-32)35(48)28-22-39-44(24(28)3)26-11-13-27(50-4)14-12-26/h10-15,21-23,32H,5-9,16-20H2,1-4H3,(H,37,46)(H,38,47)(H,40,49)(H,41,45)/t23-,32-/m0/s1. The van der Waals surface area contributed by atoms with E-state index in [-0.39, 0.29) is 48.2 Å². The van der Waals surface area contributed by atoms with Crippen molar-refractivity contribution in [2.75, 3.05) is 33.3 Å². The lowest BCUT2D eigenvalue weighted by molar-refractivity contribution is -0.130. The van der Waals surface area contributed by atoms with E-state index in [4.69, 9.17) is 4.74 Å². The second-order valence-corrected chi connectivity index (χ2v) is 12.6. The van der Waals surface area contributed by atoms with Crippen LogP contribution in [0.15, 0.2) is 53.5 Å². The smallest absolute Gasteiger partial charge is 0.326 e. The van der Waals surface area contributed by atoms with Gasteiger partial charge in [0.25, 0.3) is 11.8 Å². The highest BCUT2D eigenvalue weighted by Crippen LogP contribution is 2.20. The van der Waals surface area contributed by atoms with Crippen molar-refractivity contribution >= 4 is 34.7 Å². The molecular formula is C36H46N8O6. The molecule has 1 aliphatic heterocycles. The predicted molar refractivity (Wildman–Crippen MR) is 189 cm³/mol. The summed E-state index contributed by atoms with van der Waals surface area (Å²) in [6.07, 6.45) is 3.65. The molecule has 4 aromatic rings. The second-order valence-electron chi connectivity index (χ2n) is 12.6. The number of fused-ring (bicyclic) bond motifs is 1. The summed E-state index contributed by atoms with van der Waals surface area (Å²) in [7, 11) is 1.59. The fourth-order valence-electron chi connectivity index (χ4n) is 6.12. The van der Waals surface area contributed by atoms with Gasteiger partial charge in [-0.05, 0) is 74.6 Å². The zero-order chi connectivity index (χ0) is 35.8. The van der Waals surface area contributed by atoms with E-state index in [1.54, 1.807) is 45.7 Å². The van der Waals surface area contributed by atoms with Gasteiger partial charge in [-0.2, -0.15) is 5.10 Å². The Kier molecular flexibility index (Phi) is 11.7. The fourth-order valence-corrected chi connectivity index (χ4v) is 6.12. The minimum atomic E-state index is -0.721. The highest BCUT2D eigenvalue weighted by Gasteiger charge is 2.26. The first-order valence-corrected chi connectivity index (χ1v) is 17.2. The van der Waals surface area contributed by atoms with Gasteiger partial charge < -0.3 is 30.6 Å². The summed E-state index contributed by atoms with van der Waals surface area (Å²) in [6.45, 7) is 7.24. The van der Waals surface area contributed by atoms with Crippen LogP contribution >= 0.6 is 0 Å². The van der Waals surface area contributed by atoms with Crippen molar-refractivity contribution in [1.29, 1.82) is 0 Å².